The summed E-state index contributed by atoms with van der Waals surface area (Å²) in [6.07, 6.45) is 4.32. The molecular weight excluding hydrogens is 446 g/mol. The Morgan fingerprint density at radius 2 is 1.67 bits per heavy atom. The van der Waals surface area contributed by atoms with Gasteiger partial charge in [-0.2, -0.15) is 5.26 Å². The summed E-state index contributed by atoms with van der Waals surface area (Å²) in [5.74, 6) is 1.60. The number of nitrogens with one attached hydrogen (secondary N) is 2. The smallest absolute Gasteiger partial charge is 0.251 e. The zero-order chi connectivity index (χ0) is 24.7. The van der Waals surface area contributed by atoms with Crippen LogP contribution in [0.3, 0.4) is 0 Å². The van der Waals surface area contributed by atoms with Crippen molar-refractivity contribution in [3.05, 3.63) is 89.7 Å². The van der Waals surface area contributed by atoms with E-state index in [1.54, 1.807) is 12.1 Å². The van der Waals surface area contributed by atoms with Crippen molar-refractivity contribution >= 4 is 16.9 Å². The first-order valence-corrected chi connectivity index (χ1v) is 12.8. The average molecular weight is 478 g/mol. The number of nitrogens with zero attached hydrogens (tertiary/aromatic N) is 3. The first-order chi connectivity index (χ1) is 17.7. The van der Waals surface area contributed by atoms with E-state index in [-0.39, 0.29) is 5.91 Å². The van der Waals surface area contributed by atoms with Crippen molar-refractivity contribution in [3.63, 3.8) is 0 Å². The number of likely N-dealkylation sites (tertiary alicyclic amines) is 1. The number of amides is 1. The molecule has 1 amide bonds. The number of hydrogen-bond donors (Lipinski definition) is 2. The van der Waals surface area contributed by atoms with E-state index in [1.807, 2.05) is 48.5 Å². The second-order valence-electron chi connectivity index (χ2n) is 9.48. The Morgan fingerprint density at radius 1 is 0.972 bits per heavy atom. The minimum Gasteiger partial charge on any atom is -0.352 e. The van der Waals surface area contributed by atoms with Gasteiger partial charge in [-0.25, -0.2) is 4.98 Å². The highest BCUT2D eigenvalue weighted by Gasteiger charge is 2.22. The van der Waals surface area contributed by atoms with Gasteiger partial charge in [0, 0.05) is 18.0 Å². The standard InChI is InChI=1S/C30H31N5O/c31-21-22-7-9-23(10-8-22)24-11-13-26(14-12-24)30(36)32-17-3-4-18-35-19-15-25(16-20-35)29-33-27-5-1-2-6-28(27)34-29/h1-2,5-14,25H,3-4,15-20H2,(H,32,36)(H,33,34). The summed E-state index contributed by atoms with van der Waals surface area (Å²) >= 11 is 0. The van der Waals surface area contributed by atoms with Gasteiger partial charge in [0.25, 0.3) is 5.91 Å². The molecule has 1 aromatic heterocycles. The van der Waals surface area contributed by atoms with Crippen LogP contribution in [0.1, 0.15) is 53.3 Å². The van der Waals surface area contributed by atoms with Crippen LogP contribution >= 0.6 is 0 Å². The topological polar surface area (TPSA) is 84.8 Å². The van der Waals surface area contributed by atoms with Crippen molar-refractivity contribution in [2.45, 2.75) is 31.6 Å². The fourth-order valence-corrected chi connectivity index (χ4v) is 4.91. The number of fused-ring (bicyclic) bond motifs is 1. The van der Waals surface area contributed by atoms with Crippen LogP contribution in [-0.4, -0.2) is 47.0 Å². The van der Waals surface area contributed by atoms with Gasteiger partial charge in [0.15, 0.2) is 0 Å². The number of aromatic nitrogens is 2. The molecule has 0 aliphatic carbocycles. The van der Waals surface area contributed by atoms with Crippen LogP contribution in [-0.2, 0) is 0 Å². The van der Waals surface area contributed by atoms with Crippen LogP contribution in [0.5, 0.6) is 0 Å². The Bertz CT molecular complexity index is 1310. The van der Waals surface area contributed by atoms with E-state index in [0.29, 0.717) is 23.6 Å². The van der Waals surface area contributed by atoms with Crippen molar-refractivity contribution < 1.29 is 4.79 Å². The van der Waals surface area contributed by atoms with E-state index >= 15 is 0 Å². The van der Waals surface area contributed by atoms with E-state index in [2.05, 4.69) is 33.4 Å². The number of hydrogen-bond acceptors (Lipinski definition) is 4. The molecule has 6 nitrogen and oxygen atoms in total. The number of carbonyl (C=O) groups excluding carboxylic acids is 1. The minimum atomic E-state index is -0.0342. The van der Waals surface area contributed by atoms with Gasteiger partial charge in [0.1, 0.15) is 5.82 Å². The second-order valence-corrected chi connectivity index (χ2v) is 9.48. The van der Waals surface area contributed by atoms with E-state index < -0.39 is 0 Å². The number of carbonyl (C=O) groups is 1. The molecule has 0 saturated carbocycles. The van der Waals surface area contributed by atoms with Crippen LogP contribution < -0.4 is 5.32 Å². The summed E-state index contributed by atoms with van der Waals surface area (Å²) in [4.78, 5) is 23.3. The van der Waals surface area contributed by atoms with Crippen LogP contribution in [0.2, 0.25) is 0 Å². The largest absolute Gasteiger partial charge is 0.352 e. The maximum absolute atomic E-state index is 12.5. The van der Waals surface area contributed by atoms with E-state index in [0.717, 1.165) is 73.3 Å². The van der Waals surface area contributed by atoms with Crippen molar-refractivity contribution in [1.29, 1.82) is 5.26 Å². The Morgan fingerprint density at radius 3 is 2.36 bits per heavy atom. The predicted molar refractivity (Wildman–Crippen MR) is 143 cm³/mol. The van der Waals surface area contributed by atoms with Gasteiger partial charge in [-0.05, 0) is 92.8 Å². The van der Waals surface area contributed by atoms with Gasteiger partial charge >= 0.3 is 0 Å². The highest BCUT2D eigenvalue weighted by molar-refractivity contribution is 5.94. The van der Waals surface area contributed by atoms with Gasteiger partial charge in [0.2, 0.25) is 0 Å². The van der Waals surface area contributed by atoms with E-state index in [9.17, 15) is 4.79 Å². The van der Waals surface area contributed by atoms with Crippen LogP contribution in [0.15, 0.2) is 72.8 Å². The lowest BCUT2D eigenvalue weighted by molar-refractivity contribution is 0.0952. The third kappa shape index (κ3) is 5.64. The summed E-state index contributed by atoms with van der Waals surface area (Å²) in [5, 5.41) is 12.0. The van der Waals surface area contributed by atoms with Crippen LogP contribution in [0, 0.1) is 11.3 Å². The van der Waals surface area contributed by atoms with Gasteiger partial charge < -0.3 is 15.2 Å². The highest BCUT2D eigenvalue weighted by Crippen LogP contribution is 2.27. The number of unbranched alkanes of at least 4 members (excludes halogenated alkanes) is 1. The summed E-state index contributed by atoms with van der Waals surface area (Å²) in [6.45, 7) is 3.95. The molecule has 4 aromatic rings. The van der Waals surface area contributed by atoms with Crippen molar-refractivity contribution in [1.82, 2.24) is 20.2 Å². The normalized spacial score (nSPS) is 14.5. The summed E-state index contributed by atoms with van der Waals surface area (Å²) < 4.78 is 0. The quantitative estimate of drug-likeness (QED) is 0.329. The molecule has 1 aliphatic rings. The number of imidazole rings is 1. The molecule has 3 aromatic carbocycles. The Balaban J connectivity index is 1.00. The summed E-state index contributed by atoms with van der Waals surface area (Å²) in [6, 6.07) is 25.4. The fourth-order valence-electron chi connectivity index (χ4n) is 4.91. The number of aromatic amines is 1. The van der Waals surface area contributed by atoms with Crippen LogP contribution in [0.25, 0.3) is 22.2 Å². The lowest BCUT2D eigenvalue weighted by Crippen LogP contribution is -2.34. The number of nitriles is 1. The third-order valence-electron chi connectivity index (χ3n) is 7.06. The molecule has 182 valence electrons. The average Bonchev–Trinajstić information content (AvgIpc) is 3.38. The minimum absolute atomic E-state index is 0.0342. The predicted octanol–water partition coefficient (Wildman–Crippen LogP) is 5.49. The van der Waals surface area contributed by atoms with Gasteiger partial charge in [-0.1, -0.05) is 36.4 Å². The first kappa shape index (κ1) is 23.8. The molecule has 1 saturated heterocycles. The molecular formula is C30H31N5O. The lowest BCUT2D eigenvalue weighted by atomic mass is 9.96. The third-order valence-corrected chi connectivity index (χ3v) is 7.06. The molecule has 5 rings (SSSR count). The number of benzene rings is 3. The molecule has 0 atom stereocenters. The summed E-state index contributed by atoms with van der Waals surface area (Å²) in [5.41, 5.74) is 5.54. The molecule has 0 unspecified atom stereocenters. The molecule has 36 heavy (non-hydrogen) atoms. The zero-order valence-corrected chi connectivity index (χ0v) is 20.4. The van der Waals surface area contributed by atoms with E-state index in [1.165, 1.54) is 0 Å². The van der Waals surface area contributed by atoms with Crippen molar-refractivity contribution in [3.8, 4) is 17.2 Å². The molecule has 2 heterocycles. The maximum atomic E-state index is 12.5. The highest BCUT2D eigenvalue weighted by atomic mass is 16.1. The number of piperidine rings is 1. The first-order valence-electron chi connectivity index (χ1n) is 12.8. The molecule has 0 radical (unpaired) electrons. The molecule has 1 aliphatic heterocycles. The Labute approximate surface area is 212 Å². The number of rotatable bonds is 8. The van der Waals surface area contributed by atoms with E-state index in [4.69, 9.17) is 10.2 Å². The molecule has 0 spiro atoms. The second kappa shape index (κ2) is 11.2. The SMILES string of the molecule is N#Cc1ccc(-c2ccc(C(=O)NCCCCN3CCC(c4nc5ccccc5[nH]4)CC3)cc2)cc1. The van der Waals surface area contributed by atoms with Gasteiger partial charge in [-0.3, -0.25) is 4.79 Å². The molecule has 6 heteroatoms. The molecule has 0 bridgehead atoms. The maximum Gasteiger partial charge on any atom is 0.251 e. The monoisotopic (exact) mass is 477 g/mol. The molecule has 2 N–H and O–H groups in total. The van der Waals surface area contributed by atoms with Crippen molar-refractivity contribution in [2.24, 2.45) is 0 Å². The number of H-pyrrole nitrogens is 1. The fraction of sp³-hybridized carbons (Fsp3) is 0.300. The Hall–Kier alpha value is -3.95. The summed E-state index contributed by atoms with van der Waals surface area (Å²) in [7, 11) is 0. The zero-order valence-electron chi connectivity index (χ0n) is 20.4. The van der Waals surface area contributed by atoms with Crippen molar-refractivity contribution in [2.75, 3.05) is 26.2 Å². The Kier molecular flexibility index (Phi) is 7.39. The van der Waals surface area contributed by atoms with Gasteiger partial charge in [0.05, 0.1) is 22.7 Å². The van der Waals surface area contributed by atoms with Gasteiger partial charge in [-0.15, -0.1) is 0 Å². The van der Waals surface area contributed by atoms with Crippen LogP contribution in [0.4, 0.5) is 0 Å². The molecule has 1 fully saturated rings. The lowest BCUT2D eigenvalue weighted by Gasteiger charge is -2.31. The number of para-hydroxylation sites is 2.